The van der Waals surface area contributed by atoms with Crippen molar-refractivity contribution in [1.29, 1.82) is 0 Å². The van der Waals surface area contributed by atoms with Crippen molar-refractivity contribution in [3.8, 4) is 0 Å². The highest BCUT2D eigenvalue weighted by Gasteiger charge is 2.44. The van der Waals surface area contributed by atoms with Crippen LogP contribution in [0.2, 0.25) is 0 Å². The number of nitrogens with one attached hydrogen (secondary N) is 2. The van der Waals surface area contributed by atoms with E-state index in [1.165, 1.54) is 11.5 Å². The van der Waals surface area contributed by atoms with Crippen LogP contribution in [0.1, 0.15) is 19.0 Å². The van der Waals surface area contributed by atoms with Crippen LogP contribution in [0.15, 0.2) is 4.79 Å². The summed E-state index contributed by atoms with van der Waals surface area (Å²) in [6, 6.07) is 0. The van der Waals surface area contributed by atoms with Crippen molar-refractivity contribution in [1.82, 2.24) is 24.8 Å². The molecule has 0 radical (unpaired) electrons. The number of ether oxygens (including phenoxy) is 1. The standard InChI is InChI=1S/C14H20N6O5S/c1-5(22)16-3-2-7-17-8-11(18-14(15)19-12(8)24)20(7)13-10(26)9(23)6(4-21)25-13/h6,9-10,13,21,23,26H,2-4H2,1H3,(H,16,22)(H3,15,18,19,24)/t6-,9-,10-,13-/m1/s1. The summed E-state index contributed by atoms with van der Waals surface area (Å²) < 4.78 is 7.23. The number of fused-ring (bicyclic) bond motifs is 1. The maximum absolute atomic E-state index is 12.2. The number of hydrogen-bond donors (Lipinski definition) is 6. The maximum Gasteiger partial charge on any atom is 0.280 e. The number of nitrogen functional groups attached to an aromatic ring is 1. The van der Waals surface area contributed by atoms with Gasteiger partial charge in [-0.1, -0.05) is 0 Å². The van der Waals surface area contributed by atoms with Crippen molar-refractivity contribution in [2.45, 2.75) is 37.0 Å². The van der Waals surface area contributed by atoms with Crippen LogP contribution >= 0.6 is 12.6 Å². The van der Waals surface area contributed by atoms with Gasteiger partial charge in [0.15, 0.2) is 17.4 Å². The van der Waals surface area contributed by atoms with Crippen molar-refractivity contribution in [3.63, 3.8) is 0 Å². The predicted molar refractivity (Wildman–Crippen MR) is 94.7 cm³/mol. The molecular formula is C14H20N6O5S. The van der Waals surface area contributed by atoms with Crippen LogP contribution in [0.5, 0.6) is 0 Å². The minimum absolute atomic E-state index is 0.0584. The largest absolute Gasteiger partial charge is 0.394 e. The van der Waals surface area contributed by atoms with Crippen LogP contribution in [0.4, 0.5) is 5.95 Å². The number of carbonyl (C=O) groups is 1. The first kappa shape index (κ1) is 18.6. The van der Waals surface area contributed by atoms with Crippen molar-refractivity contribution < 1.29 is 19.7 Å². The van der Waals surface area contributed by atoms with Crippen molar-refractivity contribution in [2.75, 3.05) is 18.9 Å². The summed E-state index contributed by atoms with van der Waals surface area (Å²) in [6.45, 7) is 1.28. The second-order valence-electron chi connectivity index (χ2n) is 5.98. The molecule has 2 aromatic heterocycles. The van der Waals surface area contributed by atoms with E-state index in [9.17, 15) is 19.8 Å². The Kier molecular flexibility index (Phi) is 5.18. The van der Waals surface area contributed by atoms with E-state index >= 15 is 0 Å². The molecule has 26 heavy (non-hydrogen) atoms. The van der Waals surface area contributed by atoms with Gasteiger partial charge < -0.3 is 26.0 Å². The Morgan fingerprint density at radius 2 is 2.23 bits per heavy atom. The molecule has 1 saturated heterocycles. The van der Waals surface area contributed by atoms with Crippen LogP contribution in [0.25, 0.3) is 11.2 Å². The number of carbonyl (C=O) groups excluding carboxylic acids is 1. The molecular weight excluding hydrogens is 364 g/mol. The van der Waals surface area contributed by atoms with E-state index in [4.69, 9.17) is 10.5 Å². The lowest BCUT2D eigenvalue weighted by molar-refractivity contribution is -0.118. The van der Waals surface area contributed by atoms with Crippen LogP contribution in [0, 0.1) is 0 Å². The highest BCUT2D eigenvalue weighted by Crippen LogP contribution is 2.35. The Morgan fingerprint density at radius 1 is 1.50 bits per heavy atom. The molecule has 1 amide bonds. The van der Waals surface area contributed by atoms with Crippen LogP contribution in [0.3, 0.4) is 0 Å². The molecule has 1 fully saturated rings. The van der Waals surface area contributed by atoms with Crippen LogP contribution in [-0.2, 0) is 16.0 Å². The number of rotatable bonds is 5. The van der Waals surface area contributed by atoms with E-state index in [1.54, 1.807) is 0 Å². The normalized spacial score (nSPS) is 25.7. The van der Waals surface area contributed by atoms with Crippen LogP contribution < -0.4 is 16.6 Å². The first-order valence-electron chi connectivity index (χ1n) is 7.97. The summed E-state index contributed by atoms with van der Waals surface area (Å²) in [5.74, 6) is 0.116. The van der Waals surface area contributed by atoms with E-state index < -0.39 is 35.9 Å². The number of aliphatic hydroxyl groups excluding tert-OH is 2. The van der Waals surface area contributed by atoms with Gasteiger partial charge in [-0.25, -0.2) is 4.98 Å². The van der Waals surface area contributed by atoms with Gasteiger partial charge in [0, 0.05) is 19.9 Å². The van der Waals surface area contributed by atoms with Crippen LogP contribution in [-0.4, -0.2) is 66.2 Å². The molecule has 2 aromatic rings. The SMILES string of the molecule is CC(=O)NCCc1nc2c(=O)[nH]c(N)nc2n1[C@@H]1O[C@H](CO)[C@@H](O)[C@H]1S. The first-order chi connectivity index (χ1) is 12.3. The maximum atomic E-state index is 12.2. The van der Waals surface area contributed by atoms with Gasteiger partial charge in [0.2, 0.25) is 11.9 Å². The zero-order chi connectivity index (χ0) is 19.0. The quantitative estimate of drug-likeness (QED) is 0.320. The number of aliphatic hydroxyl groups is 2. The van der Waals surface area contributed by atoms with Gasteiger partial charge in [-0.2, -0.15) is 17.6 Å². The molecule has 0 bridgehead atoms. The van der Waals surface area contributed by atoms with Gasteiger partial charge in [-0.3, -0.25) is 19.1 Å². The summed E-state index contributed by atoms with van der Waals surface area (Å²) in [7, 11) is 0. The minimum atomic E-state index is -1.02. The Balaban J connectivity index is 2.08. The lowest BCUT2D eigenvalue weighted by Crippen LogP contribution is -2.30. The van der Waals surface area contributed by atoms with Gasteiger partial charge in [0.05, 0.1) is 18.0 Å². The lowest BCUT2D eigenvalue weighted by Gasteiger charge is -2.19. The van der Waals surface area contributed by atoms with Crippen molar-refractivity contribution in [3.05, 3.63) is 16.2 Å². The van der Waals surface area contributed by atoms with Crippen molar-refractivity contribution >= 4 is 35.6 Å². The number of aromatic amines is 1. The summed E-state index contributed by atoms with van der Waals surface area (Å²) in [6.07, 6.45) is -2.39. The Bertz CT molecular complexity index is 883. The lowest BCUT2D eigenvalue weighted by atomic mass is 10.2. The number of imidazole rings is 1. The van der Waals surface area contributed by atoms with E-state index in [0.717, 1.165) is 0 Å². The monoisotopic (exact) mass is 384 g/mol. The van der Waals surface area contributed by atoms with Gasteiger partial charge in [-0.05, 0) is 0 Å². The summed E-state index contributed by atoms with van der Waals surface area (Å²) in [4.78, 5) is 34.1. The fourth-order valence-corrected chi connectivity index (χ4v) is 3.33. The summed E-state index contributed by atoms with van der Waals surface area (Å²) in [5.41, 5.74) is 5.37. The van der Waals surface area contributed by atoms with Gasteiger partial charge >= 0.3 is 0 Å². The zero-order valence-electron chi connectivity index (χ0n) is 13.9. The zero-order valence-corrected chi connectivity index (χ0v) is 14.8. The predicted octanol–water partition coefficient (Wildman–Crippen LogP) is -2.07. The molecule has 1 aliphatic heterocycles. The Labute approximate surface area is 153 Å². The average molecular weight is 384 g/mol. The highest BCUT2D eigenvalue weighted by molar-refractivity contribution is 7.81. The molecule has 3 heterocycles. The molecule has 4 atom stereocenters. The summed E-state index contributed by atoms with van der Waals surface area (Å²) >= 11 is 4.38. The van der Waals surface area contributed by atoms with E-state index in [-0.39, 0.29) is 36.0 Å². The summed E-state index contributed by atoms with van der Waals surface area (Å²) in [5, 5.41) is 21.5. The molecule has 6 N–H and O–H groups in total. The number of nitrogens with two attached hydrogens (primary N) is 1. The number of anilines is 1. The highest BCUT2D eigenvalue weighted by atomic mass is 32.1. The number of amides is 1. The number of thiol groups is 1. The molecule has 1 aliphatic rings. The molecule has 142 valence electrons. The average Bonchev–Trinajstić information content (AvgIpc) is 3.06. The molecule has 0 spiro atoms. The second-order valence-corrected chi connectivity index (χ2v) is 6.58. The molecule has 11 nitrogen and oxygen atoms in total. The number of H-pyrrole nitrogens is 1. The fourth-order valence-electron chi connectivity index (χ4n) is 2.93. The molecule has 0 aromatic carbocycles. The van der Waals surface area contributed by atoms with E-state index in [0.29, 0.717) is 5.82 Å². The van der Waals surface area contributed by atoms with Gasteiger partial charge in [0.25, 0.3) is 5.56 Å². The third-order valence-electron chi connectivity index (χ3n) is 4.14. The van der Waals surface area contributed by atoms with Gasteiger partial charge in [-0.15, -0.1) is 0 Å². The fraction of sp³-hybridized carbons (Fsp3) is 0.571. The number of hydrogen-bond acceptors (Lipinski definition) is 9. The topological polar surface area (TPSA) is 168 Å². The number of aromatic nitrogens is 4. The molecule has 0 saturated carbocycles. The van der Waals surface area contributed by atoms with E-state index in [1.807, 2.05) is 0 Å². The minimum Gasteiger partial charge on any atom is -0.394 e. The third-order valence-corrected chi connectivity index (χ3v) is 4.70. The van der Waals surface area contributed by atoms with E-state index in [2.05, 4.69) is 32.9 Å². The van der Waals surface area contributed by atoms with Crippen molar-refractivity contribution in [2.24, 2.45) is 0 Å². The number of nitrogens with zero attached hydrogens (tertiary/aromatic N) is 3. The molecule has 0 unspecified atom stereocenters. The Morgan fingerprint density at radius 3 is 2.85 bits per heavy atom. The van der Waals surface area contributed by atoms with Gasteiger partial charge in [0.1, 0.15) is 11.9 Å². The molecule has 12 heteroatoms. The Hall–Kier alpha value is -2.15. The second kappa shape index (κ2) is 7.23. The molecule has 3 rings (SSSR count). The molecule has 0 aliphatic carbocycles. The first-order valence-corrected chi connectivity index (χ1v) is 8.48. The smallest absolute Gasteiger partial charge is 0.280 e. The third kappa shape index (κ3) is 3.28.